The molecular formula is C16H26N2O4. The van der Waals surface area contributed by atoms with Gasteiger partial charge in [0.05, 0.1) is 18.2 Å². The minimum atomic E-state index is -0.853. The summed E-state index contributed by atoms with van der Waals surface area (Å²) in [5, 5.41) is 22.5. The van der Waals surface area contributed by atoms with E-state index >= 15 is 0 Å². The van der Waals surface area contributed by atoms with Gasteiger partial charge in [-0.05, 0) is 38.5 Å². The topological polar surface area (TPSA) is 82.0 Å². The number of nitrogens with one attached hydrogen (secondary N) is 1. The molecule has 0 radical (unpaired) electrons. The number of rotatable bonds is 7. The second kappa shape index (κ2) is 8.00. The number of aromatic hydroxyl groups is 1. The molecule has 1 rings (SSSR count). The van der Waals surface area contributed by atoms with E-state index in [1.807, 2.05) is 20.8 Å². The van der Waals surface area contributed by atoms with Crippen LogP contribution in [0.25, 0.3) is 0 Å². The maximum Gasteiger partial charge on any atom is 0.317 e. The maximum atomic E-state index is 12.2. The van der Waals surface area contributed by atoms with Gasteiger partial charge in [0.15, 0.2) is 0 Å². The van der Waals surface area contributed by atoms with Gasteiger partial charge in [0.1, 0.15) is 5.75 Å². The minimum absolute atomic E-state index is 0.0888. The van der Waals surface area contributed by atoms with Crippen molar-refractivity contribution in [2.75, 3.05) is 26.7 Å². The van der Waals surface area contributed by atoms with E-state index in [-0.39, 0.29) is 18.3 Å². The number of urea groups is 1. The average Bonchev–Trinajstić information content (AvgIpc) is 2.50. The van der Waals surface area contributed by atoms with Gasteiger partial charge in [-0.25, -0.2) is 4.79 Å². The van der Waals surface area contributed by atoms with Crippen molar-refractivity contribution in [1.82, 2.24) is 10.2 Å². The Bertz CT molecular complexity index is 491. The molecule has 3 N–H and O–H groups in total. The van der Waals surface area contributed by atoms with Gasteiger partial charge in [-0.3, -0.25) is 0 Å². The van der Waals surface area contributed by atoms with Crippen molar-refractivity contribution in [1.29, 1.82) is 0 Å². The summed E-state index contributed by atoms with van der Waals surface area (Å²) in [6.07, 6.45) is -0.853. The van der Waals surface area contributed by atoms with Crippen LogP contribution in [0.15, 0.2) is 24.3 Å². The van der Waals surface area contributed by atoms with E-state index in [1.54, 1.807) is 19.2 Å². The average molecular weight is 310 g/mol. The second-order valence-corrected chi connectivity index (χ2v) is 5.77. The summed E-state index contributed by atoms with van der Waals surface area (Å²) in [5.74, 6) is 0.0888. The summed E-state index contributed by atoms with van der Waals surface area (Å²) in [4.78, 5) is 13.7. The Labute approximate surface area is 131 Å². The number of aliphatic hydroxyl groups excluding tert-OH is 1. The molecule has 0 spiro atoms. The zero-order valence-electron chi connectivity index (χ0n) is 13.7. The van der Waals surface area contributed by atoms with Crippen molar-refractivity contribution < 1.29 is 19.7 Å². The molecule has 124 valence electrons. The Morgan fingerprint density at radius 3 is 2.68 bits per heavy atom. The molecule has 6 heteroatoms. The lowest BCUT2D eigenvalue weighted by Gasteiger charge is -2.28. The number of phenolic OH excluding ortho intramolecular Hbond substituents is 1. The van der Waals surface area contributed by atoms with Gasteiger partial charge in [-0.1, -0.05) is 12.1 Å². The van der Waals surface area contributed by atoms with Crippen molar-refractivity contribution in [2.45, 2.75) is 32.5 Å². The number of carbonyl (C=O) groups is 1. The number of carbonyl (C=O) groups excluding carboxylic acids is 1. The summed E-state index contributed by atoms with van der Waals surface area (Å²) in [7, 11) is 1.59. The van der Waals surface area contributed by atoms with Crippen LogP contribution in [-0.2, 0) is 4.74 Å². The number of aliphatic hydroxyl groups is 1. The Morgan fingerprint density at radius 1 is 1.45 bits per heavy atom. The first-order valence-corrected chi connectivity index (χ1v) is 7.34. The zero-order valence-corrected chi connectivity index (χ0v) is 13.7. The molecule has 0 heterocycles. The third-order valence-electron chi connectivity index (χ3n) is 3.54. The predicted molar refractivity (Wildman–Crippen MR) is 84.8 cm³/mol. The van der Waals surface area contributed by atoms with Gasteiger partial charge in [0.2, 0.25) is 0 Å². The third kappa shape index (κ3) is 5.54. The lowest BCUT2D eigenvalue weighted by atomic mass is 10.1. The highest BCUT2D eigenvalue weighted by atomic mass is 16.5. The van der Waals surface area contributed by atoms with E-state index in [0.717, 1.165) is 0 Å². The van der Waals surface area contributed by atoms with E-state index in [2.05, 4.69) is 5.32 Å². The molecule has 2 amide bonds. The molecule has 0 aromatic heterocycles. The molecule has 0 fully saturated rings. The third-order valence-corrected chi connectivity index (χ3v) is 3.54. The lowest BCUT2D eigenvalue weighted by molar-refractivity contribution is 0.0238. The highest BCUT2D eigenvalue weighted by molar-refractivity contribution is 5.74. The first-order valence-electron chi connectivity index (χ1n) is 7.34. The molecular weight excluding hydrogens is 284 g/mol. The van der Waals surface area contributed by atoms with Gasteiger partial charge in [-0.2, -0.15) is 0 Å². The van der Waals surface area contributed by atoms with Crippen molar-refractivity contribution in [3.05, 3.63) is 29.8 Å². The van der Waals surface area contributed by atoms with Crippen molar-refractivity contribution >= 4 is 6.03 Å². The van der Waals surface area contributed by atoms with Crippen molar-refractivity contribution in [2.24, 2.45) is 0 Å². The zero-order chi connectivity index (χ0) is 16.8. The summed E-state index contributed by atoms with van der Waals surface area (Å²) >= 11 is 0. The van der Waals surface area contributed by atoms with Crippen LogP contribution in [0.5, 0.6) is 5.75 Å². The number of phenols is 1. The van der Waals surface area contributed by atoms with Gasteiger partial charge in [0, 0.05) is 20.2 Å². The van der Waals surface area contributed by atoms with Gasteiger partial charge >= 0.3 is 6.03 Å². The normalized spacial score (nSPS) is 12.8. The maximum absolute atomic E-state index is 12.2. The Balaban J connectivity index is 2.62. The van der Waals surface area contributed by atoms with E-state index < -0.39 is 11.7 Å². The molecule has 6 nitrogen and oxygen atoms in total. The fourth-order valence-electron chi connectivity index (χ4n) is 1.87. The SMILES string of the molecule is CCN(C[C@H](O)c1cccc(O)c1)C(=O)NCC(C)(C)OC. The highest BCUT2D eigenvalue weighted by Crippen LogP contribution is 2.19. The fourth-order valence-corrected chi connectivity index (χ4v) is 1.87. The molecule has 1 atom stereocenters. The van der Waals surface area contributed by atoms with Crippen LogP contribution in [0.3, 0.4) is 0 Å². The van der Waals surface area contributed by atoms with Crippen molar-refractivity contribution in [3.63, 3.8) is 0 Å². The van der Waals surface area contributed by atoms with Crippen LogP contribution in [0.1, 0.15) is 32.4 Å². The molecule has 22 heavy (non-hydrogen) atoms. The Hall–Kier alpha value is -1.79. The summed E-state index contributed by atoms with van der Waals surface area (Å²) in [6, 6.07) is 6.14. The van der Waals surface area contributed by atoms with E-state index in [0.29, 0.717) is 18.7 Å². The van der Waals surface area contributed by atoms with Crippen LogP contribution in [-0.4, -0.2) is 53.5 Å². The number of hydrogen-bond acceptors (Lipinski definition) is 4. The number of nitrogens with zero attached hydrogens (tertiary/aromatic N) is 1. The summed E-state index contributed by atoms with van der Waals surface area (Å²) < 4.78 is 5.25. The molecule has 0 saturated heterocycles. The van der Waals surface area contributed by atoms with Crippen molar-refractivity contribution in [3.8, 4) is 5.75 Å². The monoisotopic (exact) mass is 310 g/mol. The molecule has 0 saturated carbocycles. The molecule has 0 aliphatic rings. The van der Waals surface area contributed by atoms with E-state index in [4.69, 9.17) is 4.74 Å². The van der Waals surface area contributed by atoms with Gasteiger partial charge in [-0.15, -0.1) is 0 Å². The Kier molecular flexibility index (Phi) is 6.64. The van der Waals surface area contributed by atoms with Crippen LogP contribution >= 0.6 is 0 Å². The first-order chi connectivity index (χ1) is 10.3. The number of methoxy groups -OCH3 is 1. The number of benzene rings is 1. The van der Waals surface area contributed by atoms with E-state index in [9.17, 15) is 15.0 Å². The molecule has 0 aliphatic heterocycles. The van der Waals surface area contributed by atoms with Crippen LogP contribution in [0.2, 0.25) is 0 Å². The number of ether oxygens (including phenoxy) is 1. The lowest BCUT2D eigenvalue weighted by Crippen LogP contribution is -2.47. The van der Waals surface area contributed by atoms with Crippen LogP contribution < -0.4 is 5.32 Å². The molecule has 0 bridgehead atoms. The summed E-state index contributed by atoms with van der Waals surface area (Å²) in [6.45, 7) is 6.60. The molecule has 0 unspecified atom stereocenters. The van der Waals surface area contributed by atoms with Gasteiger partial charge < -0.3 is 25.2 Å². The first kappa shape index (κ1) is 18.3. The van der Waals surface area contributed by atoms with Crippen LogP contribution in [0, 0.1) is 0 Å². The minimum Gasteiger partial charge on any atom is -0.508 e. The molecule has 1 aromatic carbocycles. The smallest absolute Gasteiger partial charge is 0.317 e. The number of hydrogen-bond donors (Lipinski definition) is 3. The quantitative estimate of drug-likeness (QED) is 0.718. The van der Waals surface area contributed by atoms with E-state index in [1.165, 1.54) is 17.0 Å². The predicted octanol–water partition coefficient (Wildman–Crippen LogP) is 1.88. The largest absolute Gasteiger partial charge is 0.508 e. The Morgan fingerprint density at radius 2 is 2.14 bits per heavy atom. The fraction of sp³-hybridized carbons (Fsp3) is 0.562. The van der Waals surface area contributed by atoms with Gasteiger partial charge in [0.25, 0.3) is 0 Å². The van der Waals surface area contributed by atoms with Crippen LogP contribution in [0.4, 0.5) is 4.79 Å². The standard InChI is InChI=1S/C16H26N2O4/c1-5-18(15(21)17-11-16(2,3)22-4)10-14(20)12-7-6-8-13(19)9-12/h6-9,14,19-20H,5,10-11H2,1-4H3,(H,17,21)/t14-/m0/s1. The molecule has 1 aromatic rings. The summed E-state index contributed by atoms with van der Waals surface area (Å²) in [5.41, 5.74) is 0.127. The number of likely N-dealkylation sites (N-methyl/N-ethyl adjacent to an activating group) is 1. The second-order valence-electron chi connectivity index (χ2n) is 5.77. The highest BCUT2D eigenvalue weighted by Gasteiger charge is 2.21. The molecule has 0 aliphatic carbocycles. The number of amides is 2.